The van der Waals surface area contributed by atoms with Crippen LogP contribution in [0.5, 0.6) is 5.75 Å². The molecule has 26 heavy (non-hydrogen) atoms. The number of aryl methyl sites for hydroxylation is 1. The molecule has 0 aromatic heterocycles. The predicted molar refractivity (Wildman–Crippen MR) is 111 cm³/mol. The number of nitrogens with zero attached hydrogens (tertiary/aromatic N) is 1. The first-order valence-electron chi connectivity index (χ1n) is 8.83. The Morgan fingerprint density at radius 2 is 1.92 bits per heavy atom. The summed E-state index contributed by atoms with van der Waals surface area (Å²) in [6.45, 7) is 3.78. The summed E-state index contributed by atoms with van der Waals surface area (Å²) in [6.07, 6.45) is 0.990. The minimum atomic E-state index is 0.0160. The lowest BCUT2D eigenvalue weighted by Crippen LogP contribution is -2.15. The van der Waals surface area contributed by atoms with Crippen molar-refractivity contribution in [3.8, 4) is 5.75 Å². The Kier molecular flexibility index (Phi) is 8.51. The first-order valence-corrected chi connectivity index (χ1v) is 9.99. The van der Waals surface area contributed by atoms with E-state index in [0.717, 1.165) is 30.2 Å². The average Bonchev–Trinajstić information content (AvgIpc) is 2.60. The maximum absolute atomic E-state index is 12.1. The SMILES string of the molecule is Cc1cccc(CSCC(=O)Nc2ccc(OCCCN(C)C)cc2)c1. The number of anilines is 1. The van der Waals surface area contributed by atoms with Crippen molar-refractivity contribution in [1.29, 1.82) is 0 Å². The lowest BCUT2D eigenvalue weighted by molar-refractivity contribution is -0.113. The van der Waals surface area contributed by atoms with Gasteiger partial charge in [-0.3, -0.25) is 4.79 Å². The maximum atomic E-state index is 12.1. The molecule has 0 unspecified atom stereocenters. The normalized spacial score (nSPS) is 10.8. The number of ether oxygens (including phenoxy) is 1. The Balaban J connectivity index is 1.68. The highest BCUT2D eigenvalue weighted by atomic mass is 32.2. The van der Waals surface area contributed by atoms with Gasteiger partial charge in [0.05, 0.1) is 12.4 Å². The third-order valence-corrected chi connectivity index (χ3v) is 4.74. The predicted octanol–water partition coefficient (Wildman–Crippen LogP) is 4.20. The smallest absolute Gasteiger partial charge is 0.234 e. The van der Waals surface area contributed by atoms with E-state index >= 15 is 0 Å². The molecule has 2 aromatic carbocycles. The van der Waals surface area contributed by atoms with E-state index in [9.17, 15) is 4.79 Å². The fourth-order valence-corrected chi connectivity index (χ4v) is 3.24. The fraction of sp³-hybridized carbons (Fsp3) is 0.381. The van der Waals surface area contributed by atoms with Gasteiger partial charge in [0.15, 0.2) is 0 Å². The summed E-state index contributed by atoms with van der Waals surface area (Å²) in [7, 11) is 4.10. The molecule has 0 aliphatic carbocycles. The van der Waals surface area contributed by atoms with E-state index in [0.29, 0.717) is 12.4 Å². The largest absolute Gasteiger partial charge is 0.494 e. The summed E-state index contributed by atoms with van der Waals surface area (Å²) in [5, 5.41) is 2.93. The molecule has 0 saturated heterocycles. The Hall–Kier alpha value is -1.98. The van der Waals surface area contributed by atoms with E-state index in [1.54, 1.807) is 11.8 Å². The van der Waals surface area contributed by atoms with Crippen LogP contribution >= 0.6 is 11.8 Å². The quantitative estimate of drug-likeness (QED) is 0.635. The molecule has 0 fully saturated rings. The summed E-state index contributed by atoms with van der Waals surface area (Å²) in [4.78, 5) is 14.2. The van der Waals surface area contributed by atoms with Crippen molar-refractivity contribution in [3.05, 3.63) is 59.7 Å². The van der Waals surface area contributed by atoms with Crippen molar-refractivity contribution in [1.82, 2.24) is 4.90 Å². The van der Waals surface area contributed by atoms with E-state index in [4.69, 9.17) is 4.74 Å². The zero-order valence-electron chi connectivity index (χ0n) is 15.8. The van der Waals surface area contributed by atoms with Crippen LogP contribution in [0.1, 0.15) is 17.5 Å². The molecule has 0 saturated carbocycles. The van der Waals surface area contributed by atoms with Gasteiger partial charge in [-0.2, -0.15) is 0 Å². The second-order valence-corrected chi connectivity index (χ2v) is 7.55. The molecule has 4 nitrogen and oxygen atoms in total. The van der Waals surface area contributed by atoms with Crippen molar-refractivity contribution in [3.63, 3.8) is 0 Å². The van der Waals surface area contributed by atoms with Gasteiger partial charge in [-0.05, 0) is 57.3 Å². The second kappa shape index (κ2) is 10.9. The van der Waals surface area contributed by atoms with Gasteiger partial charge in [-0.15, -0.1) is 11.8 Å². The van der Waals surface area contributed by atoms with Crippen molar-refractivity contribution < 1.29 is 9.53 Å². The van der Waals surface area contributed by atoms with Gasteiger partial charge in [0.25, 0.3) is 0 Å². The van der Waals surface area contributed by atoms with Crippen molar-refractivity contribution in [2.75, 3.05) is 38.3 Å². The average molecular weight is 373 g/mol. The number of amides is 1. The molecule has 0 spiro atoms. The highest BCUT2D eigenvalue weighted by Crippen LogP contribution is 2.17. The van der Waals surface area contributed by atoms with Crippen LogP contribution in [0, 0.1) is 6.92 Å². The van der Waals surface area contributed by atoms with E-state index in [1.165, 1.54) is 11.1 Å². The molecule has 0 aliphatic rings. The molecule has 5 heteroatoms. The molecule has 2 rings (SSSR count). The van der Waals surface area contributed by atoms with E-state index < -0.39 is 0 Å². The molecule has 140 valence electrons. The van der Waals surface area contributed by atoms with E-state index in [1.807, 2.05) is 24.3 Å². The molecule has 0 aliphatic heterocycles. The van der Waals surface area contributed by atoms with Crippen LogP contribution < -0.4 is 10.1 Å². The van der Waals surface area contributed by atoms with Gasteiger partial charge in [0, 0.05) is 18.0 Å². The molecule has 0 bridgehead atoms. The molecule has 1 N–H and O–H groups in total. The van der Waals surface area contributed by atoms with Crippen LogP contribution in [0.2, 0.25) is 0 Å². The minimum Gasteiger partial charge on any atom is -0.494 e. The van der Waals surface area contributed by atoms with Crippen LogP contribution in [0.3, 0.4) is 0 Å². The van der Waals surface area contributed by atoms with Crippen molar-refractivity contribution >= 4 is 23.4 Å². The van der Waals surface area contributed by atoms with Crippen LogP contribution in [-0.2, 0) is 10.5 Å². The number of hydrogen-bond acceptors (Lipinski definition) is 4. The van der Waals surface area contributed by atoms with Gasteiger partial charge in [0.1, 0.15) is 5.75 Å². The van der Waals surface area contributed by atoms with E-state index in [-0.39, 0.29) is 5.91 Å². The Morgan fingerprint density at radius 3 is 2.62 bits per heavy atom. The van der Waals surface area contributed by atoms with Gasteiger partial charge in [-0.25, -0.2) is 0 Å². The van der Waals surface area contributed by atoms with Gasteiger partial charge in [-0.1, -0.05) is 29.8 Å². The lowest BCUT2D eigenvalue weighted by atomic mass is 10.2. The van der Waals surface area contributed by atoms with Crippen molar-refractivity contribution in [2.24, 2.45) is 0 Å². The number of hydrogen-bond donors (Lipinski definition) is 1. The van der Waals surface area contributed by atoms with Crippen LogP contribution in [0.25, 0.3) is 0 Å². The molecule has 2 aromatic rings. The third-order valence-electron chi connectivity index (χ3n) is 3.74. The summed E-state index contributed by atoms with van der Waals surface area (Å²) < 4.78 is 5.70. The van der Waals surface area contributed by atoms with E-state index in [2.05, 4.69) is 55.5 Å². The molecule has 0 atom stereocenters. The van der Waals surface area contributed by atoms with Crippen LogP contribution in [-0.4, -0.2) is 43.8 Å². The Bertz CT molecular complexity index is 687. The first kappa shape index (κ1) is 20.3. The van der Waals surface area contributed by atoms with Crippen molar-refractivity contribution in [2.45, 2.75) is 19.1 Å². The fourth-order valence-electron chi connectivity index (χ4n) is 2.47. The zero-order chi connectivity index (χ0) is 18.8. The first-order chi connectivity index (χ1) is 12.5. The summed E-state index contributed by atoms with van der Waals surface area (Å²) >= 11 is 1.62. The second-order valence-electron chi connectivity index (χ2n) is 6.56. The third kappa shape index (κ3) is 7.93. The summed E-state index contributed by atoms with van der Waals surface area (Å²) in [5.41, 5.74) is 3.29. The maximum Gasteiger partial charge on any atom is 0.234 e. The van der Waals surface area contributed by atoms with Crippen LogP contribution in [0.15, 0.2) is 48.5 Å². The number of rotatable bonds is 10. The number of carbonyl (C=O) groups is 1. The zero-order valence-corrected chi connectivity index (χ0v) is 16.6. The van der Waals surface area contributed by atoms with Gasteiger partial charge >= 0.3 is 0 Å². The Labute approximate surface area is 160 Å². The molecular formula is C21H28N2O2S. The summed E-state index contributed by atoms with van der Waals surface area (Å²) in [5.74, 6) is 2.13. The topological polar surface area (TPSA) is 41.6 Å². The molecule has 1 amide bonds. The number of nitrogens with one attached hydrogen (secondary N) is 1. The molecular weight excluding hydrogens is 344 g/mol. The van der Waals surface area contributed by atoms with Gasteiger partial charge < -0.3 is 15.0 Å². The van der Waals surface area contributed by atoms with Crippen LogP contribution in [0.4, 0.5) is 5.69 Å². The highest BCUT2D eigenvalue weighted by Gasteiger charge is 2.04. The number of thioether (sulfide) groups is 1. The monoisotopic (exact) mass is 372 g/mol. The standard InChI is InChI=1S/C21H28N2O2S/c1-17-6-4-7-18(14-17)15-26-16-21(24)22-19-8-10-20(11-9-19)25-13-5-12-23(2)3/h4,6-11,14H,5,12-13,15-16H2,1-3H3,(H,22,24). The molecule has 0 heterocycles. The van der Waals surface area contributed by atoms with Gasteiger partial charge in [0.2, 0.25) is 5.91 Å². The lowest BCUT2D eigenvalue weighted by Gasteiger charge is -2.11. The number of carbonyl (C=O) groups excluding carboxylic acids is 1. The number of benzene rings is 2. The Morgan fingerprint density at radius 1 is 1.15 bits per heavy atom. The summed E-state index contributed by atoms with van der Waals surface area (Å²) in [6, 6.07) is 15.9. The molecule has 0 radical (unpaired) electrons. The highest BCUT2D eigenvalue weighted by molar-refractivity contribution is 7.99. The minimum absolute atomic E-state index is 0.0160.